The van der Waals surface area contributed by atoms with Gasteiger partial charge in [-0.1, -0.05) is 0 Å². The van der Waals surface area contributed by atoms with Gasteiger partial charge in [-0.2, -0.15) is 0 Å². The van der Waals surface area contributed by atoms with Crippen LogP contribution in [0.15, 0.2) is 0 Å². The van der Waals surface area contributed by atoms with E-state index in [0.29, 0.717) is 22.6 Å². The number of benzene rings is 1. The topological polar surface area (TPSA) is 82.1 Å². The van der Waals surface area contributed by atoms with E-state index >= 15 is 0 Å². The molecule has 2 aliphatic heterocycles. The number of aliphatic hydroxyl groups excluding tert-OH is 1. The maximum absolute atomic E-state index is 11.9. The maximum Gasteiger partial charge on any atom is 0.310 e. The van der Waals surface area contributed by atoms with Gasteiger partial charge in [0.05, 0.1) is 6.42 Å². The third-order valence-electron chi connectivity index (χ3n) is 4.76. The minimum absolute atomic E-state index is 0.00661. The number of esters is 2. The lowest BCUT2D eigenvalue weighted by atomic mass is 9.79. The van der Waals surface area contributed by atoms with Gasteiger partial charge in [-0.05, 0) is 38.8 Å². The molecule has 1 aromatic carbocycles. The lowest BCUT2D eigenvalue weighted by Crippen LogP contribution is -2.57. The molecule has 0 amide bonds. The second-order valence-electron chi connectivity index (χ2n) is 6.49. The minimum atomic E-state index is -1.01. The summed E-state index contributed by atoms with van der Waals surface area (Å²) in [5.74, 6) is 0.175. The summed E-state index contributed by atoms with van der Waals surface area (Å²) < 4.78 is 16.8. The molecule has 3 atom stereocenters. The molecule has 1 N–H and O–H groups in total. The molecule has 6 heteroatoms. The van der Waals surface area contributed by atoms with Gasteiger partial charge in [-0.25, -0.2) is 0 Å². The summed E-state index contributed by atoms with van der Waals surface area (Å²) in [4.78, 5) is 23.3. The standard InChI is InChI=1S/C17H20O6/c1-7-8(2)14-12(9(3)13(7)21-10(4)18)15-16(20)17(5,23-14)6-11(19)22-15/h15-16,20H,6H2,1-5H3. The van der Waals surface area contributed by atoms with Gasteiger partial charge in [0.25, 0.3) is 0 Å². The lowest BCUT2D eigenvalue weighted by Gasteiger charge is -2.47. The van der Waals surface area contributed by atoms with Crippen molar-refractivity contribution in [2.75, 3.05) is 0 Å². The smallest absolute Gasteiger partial charge is 0.310 e. The van der Waals surface area contributed by atoms with Crippen molar-refractivity contribution in [1.29, 1.82) is 0 Å². The predicted octanol–water partition coefficient (Wildman–Crippen LogP) is 2.04. The van der Waals surface area contributed by atoms with Gasteiger partial charge in [-0.15, -0.1) is 0 Å². The monoisotopic (exact) mass is 320 g/mol. The van der Waals surface area contributed by atoms with E-state index in [0.717, 1.165) is 11.1 Å². The van der Waals surface area contributed by atoms with Gasteiger partial charge >= 0.3 is 11.9 Å². The molecule has 0 radical (unpaired) electrons. The number of fused-ring (bicyclic) bond motifs is 4. The highest BCUT2D eigenvalue weighted by Gasteiger charge is 2.54. The Bertz CT molecular complexity index is 723. The van der Waals surface area contributed by atoms with E-state index in [-0.39, 0.29) is 6.42 Å². The molecular weight excluding hydrogens is 300 g/mol. The summed E-state index contributed by atoms with van der Waals surface area (Å²) >= 11 is 0. The van der Waals surface area contributed by atoms with Crippen molar-refractivity contribution >= 4 is 11.9 Å². The van der Waals surface area contributed by atoms with E-state index in [1.165, 1.54) is 6.92 Å². The molecule has 0 aromatic heterocycles. The molecule has 2 bridgehead atoms. The number of rotatable bonds is 1. The average molecular weight is 320 g/mol. The molecule has 0 spiro atoms. The zero-order valence-corrected chi connectivity index (χ0v) is 13.9. The van der Waals surface area contributed by atoms with E-state index in [1.807, 2.05) is 13.8 Å². The van der Waals surface area contributed by atoms with Crippen LogP contribution in [0.2, 0.25) is 0 Å². The zero-order valence-electron chi connectivity index (χ0n) is 13.9. The molecule has 0 aliphatic carbocycles. The average Bonchev–Trinajstić information content (AvgIpc) is 2.44. The van der Waals surface area contributed by atoms with Crippen LogP contribution >= 0.6 is 0 Å². The van der Waals surface area contributed by atoms with Crippen LogP contribution in [0.4, 0.5) is 0 Å². The van der Waals surface area contributed by atoms with E-state index in [1.54, 1.807) is 13.8 Å². The first-order chi connectivity index (χ1) is 10.7. The van der Waals surface area contributed by atoms with E-state index < -0.39 is 29.7 Å². The van der Waals surface area contributed by atoms with Crippen LogP contribution in [-0.2, 0) is 14.3 Å². The molecular formula is C17H20O6. The van der Waals surface area contributed by atoms with Gasteiger partial charge in [0.15, 0.2) is 6.10 Å². The minimum Gasteiger partial charge on any atom is -0.483 e. The summed E-state index contributed by atoms with van der Waals surface area (Å²) in [5.41, 5.74) is 1.80. The van der Waals surface area contributed by atoms with E-state index in [2.05, 4.69) is 0 Å². The van der Waals surface area contributed by atoms with Crippen LogP contribution < -0.4 is 9.47 Å². The largest absolute Gasteiger partial charge is 0.483 e. The molecule has 6 nitrogen and oxygen atoms in total. The highest BCUT2D eigenvalue weighted by molar-refractivity contribution is 5.75. The molecule has 3 unspecified atom stereocenters. The van der Waals surface area contributed by atoms with Crippen LogP contribution in [0.5, 0.6) is 11.5 Å². The summed E-state index contributed by atoms with van der Waals surface area (Å²) in [6.45, 7) is 8.51. The van der Waals surface area contributed by atoms with E-state index in [9.17, 15) is 14.7 Å². The SMILES string of the molecule is CC(=O)Oc1c(C)c(C)c2c(c1C)C1OC(=O)CC(C)(O2)C1O. The van der Waals surface area contributed by atoms with Crippen LogP contribution in [0.1, 0.15) is 48.6 Å². The van der Waals surface area contributed by atoms with Crippen LogP contribution in [0.25, 0.3) is 0 Å². The Morgan fingerprint density at radius 1 is 1.26 bits per heavy atom. The molecule has 0 saturated carbocycles. The molecule has 124 valence electrons. The van der Waals surface area contributed by atoms with Crippen LogP contribution in [0.3, 0.4) is 0 Å². The molecule has 1 fully saturated rings. The van der Waals surface area contributed by atoms with Crippen molar-refractivity contribution in [2.24, 2.45) is 0 Å². The predicted molar refractivity (Wildman–Crippen MR) is 80.5 cm³/mol. The fraction of sp³-hybridized carbons (Fsp3) is 0.529. The number of hydrogen-bond donors (Lipinski definition) is 1. The van der Waals surface area contributed by atoms with Crippen LogP contribution in [0, 0.1) is 20.8 Å². The Morgan fingerprint density at radius 3 is 2.52 bits per heavy atom. The Labute approximate surface area is 134 Å². The third-order valence-corrected chi connectivity index (χ3v) is 4.76. The van der Waals surface area contributed by atoms with Crippen LogP contribution in [-0.4, -0.2) is 28.8 Å². The second kappa shape index (κ2) is 4.96. The number of aliphatic hydroxyl groups is 1. The summed E-state index contributed by atoms with van der Waals surface area (Å²) in [5, 5.41) is 10.6. The van der Waals surface area contributed by atoms with Crippen molar-refractivity contribution < 1.29 is 28.9 Å². The molecule has 1 aromatic rings. The van der Waals surface area contributed by atoms with Crippen molar-refractivity contribution in [3.63, 3.8) is 0 Å². The molecule has 3 rings (SSSR count). The first-order valence-corrected chi connectivity index (χ1v) is 7.54. The molecule has 1 saturated heterocycles. The first-order valence-electron chi connectivity index (χ1n) is 7.54. The van der Waals surface area contributed by atoms with Crippen molar-refractivity contribution in [3.05, 3.63) is 22.3 Å². The molecule has 2 aliphatic rings. The Balaban J connectivity index is 2.26. The van der Waals surface area contributed by atoms with Crippen molar-refractivity contribution in [3.8, 4) is 11.5 Å². The number of ether oxygens (including phenoxy) is 3. The Kier molecular flexibility index (Phi) is 3.41. The van der Waals surface area contributed by atoms with E-state index in [4.69, 9.17) is 14.2 Å². The fourth-order valence-corrected chi connectivity index (χ4v) is 3.39. The lowest BCUT2D eigenvalue weighted by molar-refractivity contribution is -0.201. The summed E-state index contributed by atoms with van der Waals surface area (Å²) in [6, 6.07) is 0. The molecule has 23 heavy (non-hydrogen) atoms. The summed E-state index contributed by atoms with van der Waals surface area (Å²) in [7, 11) is 0. The van der Waals surface area contributed by atoms with Crippen molar-refractivity contribution in [2.45, 2.75) is 58.8 Å². The maximum atomic E-state index is 11.9. The quantitative estimate of drug-likeness (QED) is 0.630. The number of hydrogen-bond acceptors (Lipinski definition) is 6. The normalized spacial score (nSPS) is 28.5. The number of carbonyl (C=O) groups is 2. The first kappa shape index (κ1) is 15.8. The van der Waals surface area contributed by atoms with Gasteiger partial charge in [0.2, 0.25) is 0 Å². The number of carbonyl (C=O) groups excluding carboxylic acids is 2. The molecule has 2 heterocycles. The Morgan fingerprint density at radius 2 is 1.91 bits per heavy atom. The highest BCUT2D eigenvalue weighted by Crippen LogP contribution is 2.52. The summed E-state index contributed by atoms with van der Waals surface area (Å²) in [6.07, 6.45) is -1.80. The Hall–Kier alpha value is -2.08. The van der Waals surface area contributed by atoms with Gasteiger partial charge in [-0.3, -0.25) is 9.59 Å². The van der Waals surface area contributed by atoms with Crippen molar-refractivity contribution in [1.82, 2.24) is 0 Å². The van der Waals surface area contributed by atoms with Gasteiger partial charge < -0.3 is 19.3 Å². The highest BCUT2D eigenvalue weighted by atomic mass is 16.6. The third kappa shape index (κ3) is 2.20. The van der Waals surface area contributed by atoms with Gasteiger partial charge in [0.1, 0.15) is 23.2 Å². The van der Waals surface area contributed by atoms with Gasteiger partial charge in [0, 0.05) is 18.1 Å². The second-order valence-corrected chi connectivity index (χ2v) is 6.49. The fourth-order valence-electron chi connectivity index (χ4n) is 3.39. The zero-order chi connectivity index (χ0) is 17.1.